The predicted molar refractivity (Wildman–Crippen MR) is 115 cm³/mol. The molecule has 2 aromatic carbocycles. The zero-order valence-corrected chi connectivity index (χ0v) is 17.9. The van der Waals surface area contributed by atoms with Gasteiger partial charge >= 0.3 is 0 Å². The molecule has 2 heterocycles. The molecule has 1 saturated heterocycles. The molecule has 0 radical (unpaired) electrons. The lowest BCUT2D eigenvalue weighted by Gasteiger charge is -2.17. The van der Waals surface area contributed by atoms with Crippen molar-refractivity contribution in [2.24, 2.45) is 0 Å². The number of benzene rings is 2. The van der Waals surface area contributed by atoms with Crippen LogP contribution in [-0.4, -0.2) is 48.0 Å². The van der Waals surface area contributed by atoms with Crippen molar-refractivity contribution in [3.05, 3.63) is 58.7 Å². The smallest absolute Gasteiger partial charge is 0.265 e. The predicted octanol–water partition coefficient (Wildman–Crippen LogP) is 3.48. The number of hydrogen-bond acceptors (Lipinski definition) is 5. The molecule has 7 nitrogen and oxygen atoms in total. The Morgan fingerprint density at radius 1 is 1.13 bits per heavy atom. The summed E-state index contributed by atoms with van der Waals surface area (Å²) >= 11 is 0. The molecule has 3 amide bonds. The van der Waals surface area contributed by atoms with Gasteiger partial charge in [-0.1, -0.05) is 6.07 Å². The second kappa shape index (κ2) is 8.51. The van der Waals surface area contributed by atoms with Crippen molar-refractivity contribution in [2.75, 3.05) is 18.5 Å². The van der Waals surface area contributed by atoms with E-state index in [-0.39, 0.29) is 30.4 Å². The quantitative estimate of drug-likeness (QED) is 0.721. The summed E-state index contributed by atoms with van der Waals surface area (Å²) < 4.78 is 11.3. The van der Waals surface area contributed by atoms with Crippen LogP contribution in [0.2, 0.25) is 0 Å². The molecule has 4 rings (SSSR count). The van der Waals surface area contributed by atoms with Crippen LogP contribution < -0.4 is 10.1 Å². The normalized spacial score (nSPS) is 18.8. The zero-order chi connectivity index (χ0) is 22.1. The molecule has 1 N–H and O–H groups in total. The number of ether oxygens (including phenoxy) is 2. The topological polar surface area (TPSA) is 84.9 Å². The number of anilines is 1. The zero-order valence-electron chi connectivity index (χ0n) is 17.9. The second-order valence-corrected chi connectivity index (χ2v) is 8.19. The Bertz CT molecular complexity index is 1020. The highest BCUT2D eigenvalue weighted by molar-refractivity contribution is 6.22. The van der Waals surface area contributed by atoms with Crippen molar-refractivity contribution < 1.29 is 23.9 Å². The Morgan fingerprint density at radius 2 is 1.84 bits per heavy atom. The van der Waals surface area contributed by atoms with Crippen LogP contribution in [0, 0.1) is 13.8 Å². The number of carbonyl (C=O) groups is 3. The standard InChI is InChI=1S/C24H26N2O5/c1-14-9-15(2)11-19(10-14)31-16(3)22(27)25-17-6-7-20-21(12-17)24(29)26(23(20)28)13-18-5-4-8-30-18/h6-7,9-12,16,18H,4-5,8,13H2,1-3H3,(H,25,27). The van der Waals surface area contributed by atoms with E-state index in [2.05, 4.69) is 5.32 Å². The average molecular weight is 422 g/mol. The van der Waals surface area contributed by atoms with E-state index in [1.807, 2.05) is 32.0 Å². The van der Waals surface area contributed by atoms with Crippen molar-refractivity contribution in [3.63, 3.8) is 0 Å². The summed E-state index contributed by atoms with van der Waals surface area (Å²) in [6.07, 6.45) is 0.937. The summed E-state index contributed by atoms with van der Waals surface area (Å²) in [5, 5.41) is 2.77. The summed E-state index contributed by atoms with van der Waals surface area (Å²) in [5.74, 6) is -0.391. The van der Waals surface area contributed by atoms with E-state index in [4.69, 9.17) is 9.47 Å². The van der Waals surface area contributed by atoms with Gasteiger partial charge in [0.2, 0.25) is 0 Å². The van der Waals surface area contributed by atoms with Crippen LogP contribution in [0.5, 0.6) is 5.75 Å². The number of carbonyl (C=O) groups excluding carboxylic acids is 3. The average Bonchev–Trinajstić information content (AvgIpc) is 3.30. The molecule has 0 saturated carbocycles. The minimum Gasteiger partial charge on any atom is -0.481 e. The van der Waals surface area contributed by atoms with Gasteiger partial charge in [0.1, 0.15) is 5.75 Å². The van der Waals surface area contributed by atoms with Gasteiger partial charge in [-0.25, -0.2) is 0 Å². The lowest BCUT2D eigenvalue weighted by atomic mass is 10.1. The van der Waals surface area contributed by atoms with Crippen LogP contribution in [0.15, 0.2) is 36.4 Å². The van der Waals surface area contributed by atoms with Crippen molar-refractivity contribution in [2.45, 2.75) is 45.8 Å². The molecule has 0 spiro atoms. The van der Waals surface area contributed by atoms with Crippen LogP contribution in [-0.2, 0) is 9.53 Å². The van der Waals surface area contributed by atoms with Gasteiger partial charge < -0.3 is 14.8 Å². The van der Waals surface area contributed by atoms with Crippen LogP contribution >= 0.6 is 0 Å². The molecule has 31 heavy (non-hydrogen) atoms. The first-order chi connectivity index (χ1) is 14.8. The van der Waals surface area contributed by atoms with E-state index < -0.39 is 6.10 Å². The number of hydrogen-bond donors (Lipinski definition) is 1. The van der Waals surface area contributed by atoms with Gasteiger partial charge in [-0.05, 0) is 75.1 Å². The monoisotopic (exact) mass is 422 g/mol. The highest BCUT2D eigenvalue weighted by Crippen LogP contribution is 2.28. The van der Waals surface area contributed by atoms with Gasteiger partial charge in [-0.3, -0.25) is 19.3 Å². The number of nitrogens with zero attached hydrogens (tertiary/aromatic N) is 1. The second-order valence-electron chi connectivity index (χ2n) is 8.19. The van der Waals surface area contributed by atoms with E-state index in [0.29, 0.717) is 29.2 Å². The SMILES string of the molecule is Cc1cc(C)cc(OC(C)C(=O)Nc2ccc3c(c2)C(=O)N(CC2CCCO2)C3=O)c1. The molecular formula is C24H26N2O5. The first-order valence-corrected chi connectivity index (χ1v) is 10.5. The molecule has 2 atom stereocenters. The lowest BCUT2D eigenvalue weighted by Crippen LogP contribution is -2.36. The third-order valence-corrected chi connectivity index (χ3v) is 5.53. The van der Waals surface area contributed by atoms with Crippen LogP contribution in [0.4, 0.5) is 5.69 Å². The minimum absolute atomic E-state index is 0.107. The molecule has 2 aliphatic rings. The van der Waals surface area contributed by atoms with Crippen molar-refractivity contribution in [3.8, 4) is 5.75 Å². The first kappa shape index (κ1) is 21.1. The van der Waals surface area contributed by atoms with Gasteiger partial charge in [-0.2, -0.15) is 0 Å². The molecular weight excluding hydrogens is 396 g/mol. The maximum absolute atomic E-state index is 12.8. The van der Waals surface area contributed by atoms with Crippen LogP contribution in [0.1, 0.15) is 51.6 Å². The molecule has 0 aromatic heterocycles. The number of fused-ring (bicyclic) bond motifs is 1. The highest BCUT2D eigenvalue weighted by Gasteiger charge is 2.37. The molecule has 2 aliphatic heterocycles. The Kier molecular flexibility index (Phi) is 5.78. The third kappa shape index (κ3) is 4.46. The fraction of sp³-hybridized carbons (Fsp3) is 0.375. The van der Waals surface area contributed by atoms with Crippen molar-refractivity contribution >= 4 is 23.4 Å². The molecule has 7 heteroatoms. The van der Waals surface area contributed by atoms with Crippen molar-refractivity contribution in [1.29, 1.82) is 0 Å². The fourth-order valence-electron chi connectivity index (χ4n) is 4.03. The highest BCUT2D eigenvalue weighted by atomic mass is 16.5. The molecule has 2 unspecified atom stereocenters. The fourth-order valence-corrected chi connectivity index (χ4v) is 4.03. The van der Waals surface area contributed by atoms with Gasteiger partial charge in [-0.15, -0.1) is 0 Å². The summed E-state index contributed by atoms with van der Waals surface area (Å²) in [4.78, 5) is 39.3. The van der Waals surface area contributed by atoms with Gasteiger partial charge in [0, 0.05) is 12.3 Å². The number of imide groups is 1. The summed E-state index contributed by atoms with van der Waals surface area (Å²) in [6.45, 7) is 6.52. The van der Waals surface area contributed by atoms with E-state index >= 15 is 0 Å². The minimum atomic E-state index is -0.734. The maximum Gasteiger partial charge on any atom is 0.265 e. The Labute approximate surface area is 181 Å². The number of aryl methyl sites for hydroxylation is 2. The Hall–Kier alpha value is -3.19. The summed E-state index contributed by atoms with van der Waals surface area (Å²) in [6, 6.07) is 10.5. The molecule has 0 bridgehead atoms. The van der Waals surface area contributed by atoms with Crippen LogP contribution in [0.3, 0.4) is 0 Å². The van der Waals surface area contributed by atoms with E-state index in [0.717, 1.165) is 24.0 Å². The van der Waals surface area contributed by atoms with Gasteiger partial charge in [0.05, 0.1) is 23.8 Å². The first-order valence-electron chi connectivity index (χ1n) is 10.5. The van der Waals surface area contributed by atoms with Gasteiger partial charge in [0.25, 0.3) is 17.7 Å². The summed E-state index contributed by atoms with van der Waals surface area (Å²) in [7, 11) is 0. The Morgan fingerprint density at radius 3 is 2.52 bits per heavy atom. The maximum atomic E-state index is 12.8. The molecule has 162 valence electrons. The number of rotatable bonds is 6. The molecule has 0 aliphatic carbocycles. The molecule has 2 aromatic rings. The molecule has 1 fully saturated rings. The van der Waals surface area contributed by atoms with Crippen LogP contribution in [0.25, 0.3) is 0 Å². The van der Waals surface area contributed by atoms with E-state index in [1.54, 1.807) is 25.1 Å². The number of nitrogens with one attached hydrogen (secondary N) is 1. The Balaban J connectivity index is 1.43. The van der Waals surface area contributed by atoms with E-state index in [1.165, 1.54) is 4.90 Å². The lowest BCUT2D eigenvalue weighted by molar-refractivity contribution is -0.122. The van der Waals surface area contributed by atoms with Crippen molar-refractivity contribution in [1.82, 2.24) is 4.90 Å². The van der Waals surface area contributed by atoms with E-state index in [9.17, 15) is 14.4 Å². The largest absolute Gasteiger partial charge is 0.481 e. The summed E-state index contributed by atoms with van der Waals surface area (Å²) in [5.41, 5.74) is 3.19. The third-order valence-electron chi connectivity index (χ3n) is 5.53. The number of amides is 3. The van der Waals surface area contributed by atoms with Gasteiger partial charge in [0.15, 0.2) is 6.10 Å².